The van der Waals surface area contributed by atoms with Gasteiger partial charge in [0.1, 0.15) is 10.7 Å². The van der Waals surface area contributed by atoms with E-state index in [1.54, 1.807) is 17.5 Å². The first kappa shape index (κ1) is 19.0. The highest BCUT2D eigenvalue weighted by Gasteiger charge is 2.13. The Kier molecular flexibility index (Phi) is 7.60. The maximum absolute atomic E-state index is 11.9. The van der Waals surface area contributed by atoms with Gasteiger partial charge in [0.25, 0.3) is 11.6 Å². The van der Waals surface area contributed by atoms with Crippen molar-refractivity contribution in [2.45, 2.75) is 6.92 Å². The molecule has 0 radical (unpaired) electrons. The molecule has 1 aromatic heterocycles. The Bertz CT molecular complexity index is 678. The molecule has 0 atom stereocenters. The summed E-state index contributed by atoms with van der Waals surface area (Å²) in [5.74, 6) is -0.245. The summed E-state index contributed by atoms with van der Waals surface area (Å²) in [7, 11) is 0. The quantitative estimate of drug-likeness (QED) is 0.451. The van der Waals surface area contributed by atoms with Gasteiger partial charge in [0.2, 0.25) is 0 Å². The predicted molar refractivity (Wildman–Crippen MR) is 92.3 cm³/mol. The van der Waals surface area contributed by atoms with E-state index < -0.39 is 4.92 Å². The number of carbonyl (C=O) groups excluding carboxylic acids is 1. The van der Waals surface area contributed by atoms with Crippen molar-refractivity contribution in [1.29, 1.82) is 0 Å². The second-order valence-electron chi connectivity index (χ2n) is 4.45. The lowest BCUT2D eigenvalue weighted by atomic mass is 10.2. The molecule has 0 aliphatic heterocycles. The Labute approximate surface area is 143 Å². The minimum absolute atomic E-state index is 0. The number of aromatic nitrogens is 1. The van der Waals surface area contributed by atoms with Gasteiger partial charge in [-0.1, -0.05) is 19.1 Å². The number of nitrogens with one attached hydrogen (secondary N) is 2. The number of carbonyl (C=O) groups is 1. The smallest absolute Gasteiger partial charge is 0.270 e. The number of amides is 1. The molecule has 0 spiro atoms. The maximum Gasteiger partial charge on any atom is 0.270 e. The Morgan fingerprint density at radius 1 is 1.39 bits per heavy atom. The van der Waals surface area contributed by atoms with Crippen LogP contribution in [0.2, 0.25) is 0 Å². The molecular formula is C14H17ClN4O3S. The lowest BCUT2D eigenvalue weighted by Gasteiger charge is -2.03. The summed E-state index contributed by atoms with van der Waals surface area (Å²) in [6.45, 7) is 4.07. The van der Waals surface area contributed by atoms with Crippen LogP contribution >= 0.6 is 23.7 Å². The fourth-order valence-corrected chi connectivity index (χ4v) is 2.59. The number of nitro benzene ring substituents is 1. The van der Waals surface area contributed by atoms with Gasteiger partial charge in [-0.05, 0) is 6.54 Å². The van der Waals surface area contributed by atoms with Crippen LogP contribution in [-0.4, -0.2) is 35.4 Å². The second kappa shape index (κ2) is 9.19. The van der Waals surface area contributed by atoms with Gasteiger partial charge >= 0.3 is 0 Å². The predicted octanol–water partition coefficient (Wildman–Crippen LogP) is 2.48. The van der Waals surface area contributed by atoms with Gasteiger partial charge < -0.3 is 10.6 Å². The van der Waals surface area contributed by atoms with Crippen LogP contribution in [0.3, 0.4) is 0 Å². The maximum atomic E-state index is 11.9. The summed E-state index contributed by atoms with van der Waals surface area (Å²) in [4.78, 5) is 26.5. The average Bonchev–Trinajstić information content (AvgIpc) is 3.01. The van der Waals surface area contributed by atoms with Crippen LogP contribution in [0.4, 0.5) is 5.69 Å². The van der Waals surface area contributed by atoms with Crippen molar-refractivity contribution in [3.8, 4) is 10.6 Å². The second-order valence-corrected chi connectivity index (χ2v) is 5.31. The van der Waals surface area contributed by atoms with Crippen molar-refractivity contribution >= 4 is 35.3 Å². The molecule has 1 amide bonds. The molecule has 9 heteroatoms. The average molecular weight is 357 g/mol. The van der Waals surface area contributed by atoms with E-state index in [0.29, 0.717) is 29.4 Å². The number of nitrogens with zero attached hydrogens (tertiary/aromatic N) is 2. The minimum atomic E-state index is -0.453. The van der Waals surface area contributed by atoms with E-state index >= 15 is 0 Å². The molecule has 2 N–H and O–H groups in total. The van der Waals surface area contributed by atoms with Gasteiger partial charge in [-0.15, -0.1) is 23.7 Å². The fourth-order valence-electron chi connectivity index (χ4n) is 1.79. The largest absolute Gasteiger partial charge is 0.349 e. The van der Waals surface area contributed by atoms with E-state index in [-0.39, 0.29) is 24.0 Å². The van der Waals surface area contributed by atoms with Crippen LogP contribution in [0.25, 0.3) is 10.6 Å². The van der Waals surface area contributed by atoms with Crippen LogP contribution in [0.5, 0.6) is 0 Å². The molecule has 124 valence electrons. The lowest BCUT2D eigenvalue weighted by molar-refractivity contribution is -0.384. The normalized spacial score (nSPS) is 9.96. The molecule has 0 fully saturated rings. The van der Waals surface area contributed by atoms with Crippen LogP contribution in [-0.2, 0) is 0 Å². The lowest BCUT2D eigenvalue weighted by Crippen LogP contribution is -2.31. The molecule has 0 saturated carbocycles. The molecule has 2 aromatic rings. The number of likely N-dealkylation sites (N-methyl/N-ethyl adjacent to an activating group) is 1. The third kappa shape index (κ3) is 5.27. The molecule has 0 unspecified atom stereocenters. The summed E-state index contributed by atoms with van der Waals surface area (Å²) in [5.41, 5.74) is 0.957. The number of hydrogen-bond donors (Lipinski definition) is 2. The van der Waals surface area contributed by atoms with Gasteiger partial charge in [0.15, 0.2) is 0 Å². The highest BCUT2D eigenvalue weighted by atomic mass is 35.5. The minimum Gasteiger partial charge on any atom is -0.349 e. The summed E-state index contributed by atoms with van der Waals surface area (Å²) in [6.07, 6.45) is 0. The SMILES string of the molecule is CCNCCNC(=O)c1csc(-c2cccc([N+](=O)[O-])c2)n1.Cl. The first-order chi connectivity index (χ1) is 10.6. The molecule has 7 nitrogen and oxygen atoms in total. The Morgan fingerprint density at radius 3 is 2.87 bits per heavy atom. The molecule has 1 heterocycles. The van der Waals surface area contributed by atoms with Crippen molar-refractivity contribution in [3.63, 3.8) is 0 Å². The Morgan fingerprint density at radius 2 is 2.17 bits per heavy atom. The van der Waals surface area contributed by atoms with E-state index in [4.69, 9.17) is 0 Å². The molecule has 0 aliphatic carbocycles. The molecule has 0 saturated heterocycles. The van der Waals surface area contributed by atoms with Crippen molar-refractivity contribution in [2.24, 2.45) is 0 Å². The van der Waals surface area contributed by atoms with E-state index in [1.807, 2.05) is 6.92 Å². The molecule has 0 aliphatic rings. The summed E-state index contributed by atoms with van der Waals surface area (Å²) in [5, 5.41) is 18.9. The van der Waals surface area contributed by atoms with E-state index in [0.717, 1.165) is 6.54 Å². The summed E-state index contributed by atoms with van der Waals surface area (Å²) in [6, 6.07) is 6.21. The van der Waals surface area contributed by atoms with Gasteiger partial charge in [-0.2, -0.15) is 0 Å². The number of non-ortho nitro benzene ring substituents is 1. The first-order valence-corrected chi connectivity index (χ1v) is 7.69. The third-order valence-corrected chi connectivity index (χ3v) is 3.77. The summed E-state index contributed by atoms with van der Waals surface area (Å²) < 4.78 is 0. The van der Waals surface area contributed by atoms with Crippen molar-refractivity contribution in [1.82, 2.24) is 15.6 Å². The third-order valence-electron chi connectivity index (χ3n) is 2.88. The molecular weight excluding hydrogens is 340 g/mol. The number of thiazole rings is 1. The van der Waals surface area contributed by atoms with Gasteiger partial charge in [-0.25, -0.2) is 4.98 Å². The number of rotatable bonds is 7. The number of nitro groups is 1. The fraction of sp³-hybridized carbons (Fsp3) is 0.286. The van der Waals surface area contributed by atoms with Crippen LogP contribution in [0.15, 0.2) is 29.6 Å². The van der Waals surface area contributed by atoms with Gasteiger partial charge in [-0.3, -0.25) is 14.9 Å². The molecule has 2 rings (SSSR count). The van der Waals surface area contributed by atoms with E-state index in [2.05, 4.69) is 15.6 Å². The van der Waals surface area contributed by atoms with E-state index in [9.17, 15) is 14.9 Å². The topological polar surface area (TPSA) is 97.2 Å². The number of halogens is 1. The zero-order chi connectivity index (χ0) is 15.9. The Balaban J connectivity index is 0.00000264. The number of benzene rings is 1. The zero-order valence-electron chi connectivity index (χ0n) is 12.4. The molecule has 23 heavy (non-hydrogen) atoms. The van der Waals surface area contributed by atoms with Crippen molar-refractivity contribution in [3.05, 3.63) is 45.5 Å². The molecule has 1 aromatic carbocycles. The van der Waals surface area contributed by atoms with Crippen LogP contribution in [0, 0.1) is 10.1 Å². The van der Waals surface area contributed by atoms with Crippen molar-refractivity contribution in [2.75, 3.05) is 19.6 Å². The molecule has 0 bridgehead atoms. The zero-order valence-corrected chi connectivity index (χ0v) is 14.1. The Hall–Kier alpha value is -2.03. The van der Waals surface area contributed by atoms with E-state index in [1.165, 1.54) is 23.5 Å². The summed E-state index contributed by atoms with van der Waals surface area (Å²) >= 11 is 1.28. The van der Waals surface area contributed by atoms with Gasteiger partial charge in [0, 0.05) is 36.2 Å². The first-order valence-electron chi connectivity index (χ1n) is 6.81. The van der Waals surface area contributed by atoms with Crippen LogP contribution < -0.4 is 10.6 Å². The van der Waals surface area contributed by atoms with Crippen molar-refractivity contribution < 1.29 is 9.72 Å². The highest BCUT2D eigenvalue weighted by Crippen LogP contribution is 2.26. The van der Waals surface area contributed by atoms with Gasteiger partial charge in [0.05, 0.1) is 4.92 Å². The standard InChI is InChI=1S/C14H16N4O3S.ClH/c1-2-15-6-7-16-13(19)12-9-22-14(17-12)10-4-3-5-11(8-10)18(20)21;/h3-5,8-9,15H,2,6-7H2,1H3,(H,16,19);1H. The monoisotopic (exact) mass is 356 g/mol. The number of hydrogen-bond acceptors (Lipinski definition) is 6. The highest BCUT2D eigenvalue weighted by molar-refractivity contribution is 7.13. The van der Waals surface area contributed by atoms with Crippen LogP contribution in [0.1, 0.15) is 17.4 Å².